The van der Waals surface area contributed by atoms with E-state index in [1.54, 1.807) is 0 Å². The van der Waals surface area contributed by atoms with E-state index in [4.69, 9.17) is 4.74 Å². The second-order valence-corrected chi connectivity index (χ2v) is 7.06. The summed E-state index contributed by atoms with van der Waals surface area (Å²) in [6, 6.07) is 13.1. The number of carbonyl (C=O) groups is 2. The molecule has 0 bridgehead atoms. The van der Waals surface area contributed by atoms with Gasteiger partial charge in [-0.2, -0.15) is 0 Å². The molecule has 0 radical (unpaired) electrons. The Labute approximate surface area is 151 Å². The lowest BCUT2D eigenvalue weighted by Gasteiger charge is -2.32. The van der Waals surface area contributed by atoms with Gasteiger partial charge in [0.1, 0.15) is 5.75 Å². The van der Waals surface area contributed by atoms with Gasteiger partial charge >= 0.3 is 0 Å². The Hall–Kier alpha value is -2.34. The van der Waals surface area contributed by atoms with Crippen molar-refractivity contribution in [2.45, 2.75) is 12.8 Å². The van der Waals surface area contributed by atoms with Crippen molar-refractivity contribution in [1.29, 1.82) is 0 Å². The topological polar surface area (TPSA) is 58.6 Å². The van der Waals surface area contributed by atoms with Crippen LogP contribution in [-0.2, 0) is 4.79 Å². The Bertz CT molecular complexity index is 680. The quantitative estimate of drug-likeness (QED) is 0.864. The van der Waals surface area contributed by atoms with E-state index in [0.717, 1.165) is 30.8 Å². The van der Waals surface area contributed by atoms with E-state index in [0.29, 0.717) is 18.2 Å². The van der Waals surface area contributed by atoms with E-state index < -0.39 is 0 Å². The minimum Gasteiger partial charge on any atom is -0.484 e. The van der Waals surface area contributed by atoms with E-state index in [2.05, 4.69) is 5.32 Å². The summed E-state index contributed by atoms with van der Waals surface area (Å²) in [7, 11) is 0. The number of para-hydroxylation sites is 1. The predicted octanol–water partition coefficient (Wildman–Crippen LogP) is 2.80. The van der Waals surface area contributed by atoms with Crippen LogP contribution in [0.5, 0.6) is 5.75 Å². The highest BCUT2D eigenvalue weighted by molar-refractivity contribution is 7.12. The predicted molar refractivity (Wildman–Crippen MR) is 97.9 cm³/mol. The zero-order valence-corrected chi connectivity index (χ0v) is 14.8. The first kappa shape index (κ1) is 17.5. The average Bonchev–Trinajstić information content (AvgIpc) is 3.20. The van der Waals surface area contributed by atoms with Gasteiger partial charge in [-0.1, -0.05) is 24.3 Å². The van der Waals surface area contributed by atoms with Crippen LogP contribution in [-0.4, -0.2) is 43.0 Å². The molecule has 1 N–H and O–H groups in total. The molecule has 2 heterocycles. The zero-order valence-electron chi connectivity index (χ0n) is 14.0. The van der Waals surface area contributed by atoms with Crippen molar-refractivity contribution in [1.82, 2.24) is 10.2 Å². The van der Waals surface area contributed by atoms with Crippen molar-refractivity contribution in [2.75, 3.05) is 26.2 Å². The fourth-order valence-corrected chi connectivity index (χ4v) is 3.51. The Morgan fingerprint density at radius 1 is 1.12 bits per heavy atom. The highest BCUT2D eigenvalue weighted by atomic mass is 32.1. The van der Waals surface area contributed by atoms with Crippen LogP contribution in [0.3, 0.4) is 0 Å². The number of amides is 2. The standard InChI is InChI=1S/C19H22N2O3S/c22-18(14-24-16-5-2-1-3-6-16)21-10-8-15(9-11-21)13-20-19(23)17-7-4-12-25-17/h1-7,12,15H,8-11,13-14H2,(H,20,23). The van der Waals surface area contributed by atoms with Crippen molar-refractivity contribution in [3.05, 3.63) is 52.7 Å². The van der Waals surface area contributed by atoms with Gasteiger partial charge in [0, 0.05) is 19.6 Å². The van der Waals surface area contributed by atoms with E-state index in [9.17, 15) is 9.59 Å². The molecule has 5 nitrogen and oxygen atoms in total. The van der Waals surface area contributed by atoms with Crippen LogP contribution in [0.1, 0.15) is 22.5 Å². The Kier molecular flexibility index (Phi) is 6.06. The first-order valence-corrected chi connectivity index (χ1v) is 9.37. The number of thiophene rings is 1. The normalized spacial score (nSPS) is 15.0. The Morgan fingerprint density at radius 3 is 2.56 bits per heavy atom. The third-order valence-corrected chi connectivity index (χ3v) is 5.24. The monoisotopic (exact) mass is 358 g/mol. The molecule has 3 rings (SSSR count). The van der Waals surface area contributed by atoms with Crippen LogP contribution in [0.15, 0.2) is 47.8 Å². The molecular weight excluding hydrogens is 336 g/mol. The van der Waals surface area contributed by atoms with Gasteiger partial charge in [-0.05, 0) is 42.3 Å². The van der Waals surface area contributed by atoms with Crippen molar-refractivity contribution < 1.29 is 14.3 Å². The van der Waals surface area contributed by atoms with Gasteiger partial charge in [-0.25, -0.2) is 0 Å². The SMILES string of the molecule is O=C(NCC1CCN(C(=O)COc2ccccc2)CC1)c1cccs1. The molecule has 6 heteroatoms. The highest BCUT2D eigenvalue weighted by Crippen LogP contribution is 2.17. The van der Waals surface area contributed by atoms with Gasteiger partial charge in [0.25, 0.3) is 11.8 Å². The van der Waals surface area contributed by atoms with Crippen LogP contribution < -0.4 is 10.1 Å². The third-order valence-electron chi connectivity index (χ3n) is 4.37. The zero-order chi connectivity index (χ0) is 17.5. The molecule has 0 atom stereocenters. The Morgan fingerprint density at radius 2 is 1.88 bits per heavy atom. The van der Waals surface area contributed by atoms with Crippen molar-refractivity contribution in [3.63, 3.8) is 0 Å². The van der Waals surface area contributed by atoms with Crippen molar-refractivity contribution in [2.24, 2.45) is 5.92 Å². The molecular formula is C19H22N2O3S. The second kappa shape index (κ2) is 8.67. The lowest BCUT2D eigenvalue weighted by Crippen LogP contribution is -2.43. The molecule has 25 heavy (non-hydrogen) atoms. The van der Waals surface area contributed by atoms with Crippen LogP contribution in [0.2, 0.25) is 0 Å². The number of hydrogen-bond acceptors (Lipinski definition) is 4. The number of nitrogens with one attached hydrogen (secondary N) is 1. The lowest BCUT2D eigenvalue weighted by molar-refractivity contribution is -0.134. The summed E-state index contributed by atoms with van der Waals surface area (Å²) < 4.78 is 5.52. The minimum atomic E-state index is -0.00947. The molecule has 1 aliphatic rings. The van der Waals surface area contributed by atoms with Gasteiger partial charge in [0.05, 0.1) is 4.88 Å². The number of benzene rings is 1. The molecule has 1 fully saturated rings. The number of likely N-dealkylation sites (tertiary alicyclic amines) is 1. The minimum absolute atomic E-state index is 0.00947. The summed E-state index contributed by atoms with van der Waals surface area (Å²) in [4.78, 5) is 26.8. The van der Waals surface area contributed by atoms with E-state index in [-0.39, 0.29) is 18.4 Å². The molecule has 0 unspecified atom stereocenters. The number of piperidine rings is 1. The summed E-state index contributed by atoms with van der Waals surface area (Å²) in [5.41, 5.74) is 0. The largest absolute Gasteiger partial charge is 0.484 e. The number of hydrogen-bond donors (Lipinski definition) is 1. The summed E-state index contributed by atoms with van der Waals surface area (Å²) in [6.07, 6.45) is 1.81. The van der Waals surface area contributed by atoms with Crippen LogP contribution in [0.25, 0.3) is 0 Å². The molecule has 0 aliphatic carbocycles. The van der Waals surface area contributed by atoms with Gasteiger partial charge in [-0.3, -0.25) is 9.59 Å². The molecule has 0 spiro atoms. The fourth-order valence-electron chi connectivity index (χ4n) is 2.87. The maximum absolute atomic E-state index is 12.2. The molecule has 132 valence electrons. The van der Waals surface area contributed by atoms with Crippen LogP contribution in [0, 0.1) is 5.92 Å². The fraction of sp³-hybridized carbons (Fsp3) is 0.368. The molecule has 1 aromatic heterocycles. The molecule has 0 saturated carbocycles. The van der Waals surface area contributed by atoms with Crippen molar-refractivity contribution >= 4 is 23.2 Å². The summed E-state index contributed by atoms with van der Waals surface area (Å²) >= 11 is 1.45. The molecule has 1 aliphatic heterocycles. The maximum Gasteiger partial charge on any atom is 0.261 e. The van der Waals surface area contributed by atoms with Crippen LogP contribution in [0.4, 0.5) is 0 Å². The molecule has 1 saturated heterocycles. The summed E-state index contributed by atoms with van der Waals surface area (Å²) in [6.45, 7) is 2.18. The van der Waals surface area contributed by atoms with E-state index in [1.165, 1.54) is 11.3 Å². The Balaban J connectivity index is 1.36. The third kappa shape index (κ3) is 5.06. The van der Waals surface area contributed by atoms with E-state index in [1.807, 2.05) is 52.7 Å². The summed E-state index contributed by atoms with van der Waals surface area (Å²) in [5, 5.41) is 4.89. The van der Waals surface area contributed by atoms with Gasteiger partial charge in [-0.15, -0.1) is 11.3 Å². The maximum atomic E-state index is 12.2. The first-order valence-electron chi connectivity index (χ1n) is 8.49. The van der Waals surface area contributed by atoms with Gasteiger partial charge in [0.2, 0.25) is 0 Å². The van der Waals surface area contributed by atoms with Gasteiger partial charge in [0.15, 0.2) is 6.61 Å². The van der Waals surface area contributed by atoms with E-state index >= 15 is 0 Å². The molecule has 2 aromatic rings. The summed E-state index contributed by atoms with van der Waals surface area (Å²) in [5.74, 6) is 1.14. The number of ether oxygens (including phenoxy) is 1. The number of rotatable bonds is 6. The highest BCUT2D eigenvalue weighted by Gasteiger charge is 2.23. The molecule has 2 amide bonds. The van der Waals surface area contributed by atoms with Crippen LogP contribution >= 0.6 is 11.3 Å². The number of nitrogens with zero attached hydrogens (tertiary/aromatic N) is 1. The van der Waals surface area contributed by atoms with Crippen molar-refractivity contribution in [3.8, 4) is 5.75 Å². The molecule has 1 aromatic carbocycles. The first-order chi connectivity index (χ1) is 12.2. The van der Waals surface area contributed by atoms with Gasteiger partial charge < -0.3 is 15.0 Å². The number of carbonyl (C=O) groups excluding carboxylic acids is 2. The second-order valence-electron chi connectivity index (χ2n) is 6.11. The smallest absolute Gasteiger partial charge is 0.261 e. The average molecular weight is 358 g/mol. The lowest BCUT2D eigenvalue weighted by atomic mass is 9.96.